The monoisotopic (exact) mass is 695 g/mol. The number of ketones is 1. The summed E-state index contributed by atoms with van der Waals surface area (Å²) >= 11 is 0. The van der Waals surface area contributed by atoms with Crippen LogP contribution in [0.4, 0.5) is 5.69 Å². The van der Waals surface area contributed by atoms with Gasteiger partial charge < -0.3 is 33.7 Å². The molecule has 1 atom stereocenters. The predicted octanol–water partition coefficient (Wildman–Crippen LogP) is 5.81. The Hall–Kier alpha value is -5.94. The van der Waals surface area contributed by atoms with Crippen LogP contribution in [0.2, 0.25) is 0 Å². The molecule has 1 aliphatic carbocycles. The zero-order chi connectivity index (χ0) is 36.4. The average molecular weight is 696 g/mol. The molecular weight excluding hydrogens is 654 g/mol. The van der Waals surface area contributed by atoms with E-state index in [4.69, 9.17) is 14.7 Å². The van der Waals surface area contributed by atoms with Crippen LogP contribution >= 0.6 is 0 Å². The van der Waals surface area contributed by atoms with Gasteiger partial charge in [-0.2, -0.15) is 0 Å². The molecule has 0 radical (unpaired) electrons. The number of ether oxygens (including phenoxy) is 1. The lowest BCUT2D eigenvalue weighted by molar-refractivity contribution is -0.124. The Balaban J connectivity index is 1.23. The number of aromatic nitrogens is 4. The molecule has 264 valence electrons. The summed E-state index contributed by atoms with van der Waals surface area (Å²) in [5.74, 6) is -0.0938. The van der Waals surface area contributed by atoms with Gasteiger partial charge in [-0.1, -0.05) is 12.1 Å². The van der Waals surface area contributed by atoms with Crippen LogP contribution in [-0.2, 0) is 18.9 Å². The van der Waals surface area contributed by atoms with Crippen LogP contribution in [0.15, 0.2) is 84.2 Å². The number of nitrogens with zero attached hydrogens (tertiary/aromatic N) is 7. The topological polar surface area (TPSA) is 109 Å². The summed E-state index contributed by atoms with van der Waals surface area (Å²) in [6.45, 7) is 1.90. The minimum Gasteiger partial charge on any atom is -0.507 e. The van der Waals surface area contributed by atoms with Crippen molar-refractivity contribution in [1.29, 1.82) is 0 Å². The molecule has 4 aromatic heterocycles. The molecule has 1 unspecified atom stereocenters. The van der Waals surface area contributed by atoms with E-state index in [9.17, 15) is 14.7 Å². The molecule has 2 aliphatic heterocycles. The van der Waals surface area contributed by atoms with Crippen molar-refractivity contribution >= 4 is 57.2 Å². The van der Waals surface area contributed by atoms with E-state index in [1.54, 1.807) is 43.4 Å². The molecule has 52 heavy (non-hydrogen) atoms. The number of pyridine rings is 2. The number of phenolic OH excluding ortho intramolecular Hbond substituents is 1. The maximum Gasteiger partial charge on any atom is 0.253 e. The number of benzene rings is 1. The number of allylic oxidation sites excluding steroid dienone is 4. The minimum absolute atomic E-state index is 0.0711. The van der Waals surface area contributed by atoms with Crippen LogP contribution < -0.4 is 9.64 Å². The number of carbonyl (C=O) groups excluding carboxylic acids is 2. The Morgan fingerprint density at radius 1 is 0.942 bits per heavy atom. The summed E-state index contributed by atoms with van der Waals surface area (Å²) in [5, 5.41) is 12.3. The molecule has 6 heterocycles. The molecule has 1 N–H and O–H groups in total. The van der Waals surface area contributed by atoms with Crippen LogP contribution in [0.5, 0.6) is 11.5 Å². The smallest absolute Gasteiger partial charge is 0.253 e. The number of hydrogen-bond acceptors (Lipinski definition) is 8. The van der Waals surface area contributed by atoms with Gasteiger partial charge in [0.05, 0.1) is 0 Å². The fraction of sp³-hybridized carbons (Fsp3) is 0.268. The van der Waals surface area contributed by atoms with Crippen LogP contribution in [0.25, 0.3) is 39.8 Å². The Morgan fingerprint density at radius 3 is 2.35 bits per heavy atom. The van der Waals surface area contributed by atoms with E-state index in [0.29, 0.717) is 23.8 Å². The molecule has 8 rings (SSSR count). The van der Waals surface area contributed by atoms with E-state index in [-0.39, 0.29) is 28.8 Å². The van der Waals surface area contributed by atoms with Gasteiger partial charge in [-0.3, -0.25) is 9.59 Å². The van der Waals surface area contributed by atoms with Gasteiger partial charge in [0, 0.05) is 105 Å². The standard InChI is InChI=1S/C41H41N7O4/c1-44(2)28-14-17-48(23-28)31-13-16-43-40-36(31)26(21-47(40)6)19-25-18-24(10-11-30(25)41(51)45(3)4)29-12-15-42-39-35(29)27(22-46(39)5)20-34-38(50)37-32(49)8-7-9-33(37)52-34/h7-13,15-16,19-22,28,49H,14,17-18,23H2,1-6H3. The number of anilines is 1. The van der Waals surface area contributed by atoms with E-state index in [1.165, 1.54) is 6.07 Å². The lowest BCUT2D eigenvalue weighted by atomic mass is 9.86. The minimum atomic E-state index is -0.373. The van der Waals surface area contributed by atoms with Gasteiger partial charge in [0.1, 0.15) is 28.4 Å². The molecule has 0 saturated carbocycles. The highest BCUT2D eigenvalue weighted by Crippen LogP contribution is 2.41. The second-order valence-electron chi connectivity index (χ2n) is 14.2. The highest BCUT2D eigenvalue weighted by Gasteiger charge is 2.32. The molecule has 1 saturated heterocycles. The number of carbonyl (C=O) groups is 2. The van der Waals surface area contributed by atoms with Crippen molar-refractivity contribution in [2.24, 2.45) is 14.1 Å². The number of amides is 1. The number of aromatic hydroxyl groups is 1. The van der Waals surface area contributed by atoms with Crippen molar-refractivity contribution in [1.82, 2.24) is 28.9 Å². The van der Waals surface area contributed by atoms with Crippen LogP contribution in [-0.4, -0.2) is 93.0 Å². The van der Waals surface area contributed by atoms with Crippen LogP contribution in [0.1, 0.15) is 39.9 Å². The van der Waals surface area contributed by atoms with Gasteiger partial charge in [-0.05, 0) is 86.1 Å². The third-order valence-electron chi connectivity index (χ3n) is 10.4. The van der Waals surface area contributed by atoms with Crippen molar-refractivity contribution in [2.45, 2.75) is 18.9 Å². The lowest BCUT2D eigenvalue weighted by Crippen LogP contribution is -2.31. The molecule has 3 aliphatic rings. The number of hydrogen-bond donors (Lipinski definition) is 1. The number of phenols is 1. The molecule has 11 nitrogen and oxygen atoms in total. The van der Waals surface area contributed by atoms with Crippen molar-refractivity contribution in [2.75, 3.05) is 46.2 Å². The largest absolute Gasteiger partial charge is 0.507 e. The summed E-state index contributed by atoms with van der Waals surface area (Å²) in [5.41, 5.74) is 8.18. The summed E-state index contributed by atoms with van der Waals surface area (Å²) in [7, 11) is 11.7. The molecule has 11 heteroatoms. The maximum atomic E-state index is 13.7. The number of aryl methyl sites for hydroxylation is 2. The summed E-state index contributed by atoms with van der Waals surface area (Å²) in [4.78, 5) is 42.8. The van der Waals surface area contributed by atoms with Gasteiger partial charge in [0.2, 0.25) is 5.78 Å². The molecule has 0 bridgehead atoms. The second-order valence-corrected chi connectivity index (χ2v) is 14.2. The van der Waals surface area contributed by atoms with Gasteiger partial charge >= 0.3 is 0 Å². The Bertz CT molecular complexity index is 2440. The van der Waals surface area contributed by atoms with Crippen LogP contribution in [0.3, 0.4) is 0 Å². The van der Waals surface area contributed by atoms with Crippen molar-refractivity contribution in [3.05, 3.63) is 106 Å². The third-order valence-corrected chi connectivity index (χ3v) is 10.4. The zero-order valence-electron chi connectivity index (χ0n) is 30.2. The fourth-order valence-corrected chi connectivity index (χ4v) is 7.75. The van der Waals surface area contributed by atoms with Gasteiger partial charge in [-0.15, -0.1) is 0 Å². The predicted molar refractivity (Wildman–Crippen MR) is 204 cm³/mol. The maximum absolute atomic E-state index is 13.7. The van der Waals surface area contributed by atoms with E-state index >= 15 is 0 Å². The first-order valence-corrected chi connectivity index (χ1v) is 17.4. The van der Waals surface area contributed by atoms with E-state index < -0.39 is 0 Å². The van der Waals surface area contributed by atoms with Crippen molar-refractivity contribution in [3.8, 4) is 11.5 Å². The molecular formula is C41H41N7O4. The quantitative estimate of drug-likeness (QED) is 0.222. The van der Waals surface area contributed by atoms with Gasteiger partial charge in [0.15, 0.2) is 5.76 Å². The molecule has 0 spiro atoms. The van der Waals surface area contributed by atoms with E-state index in [0.717, 1.165) is 75.1 Å². The van der Waals surface area contributed by atoms with Gasteiger partial charge in [0.25, 0.3) is 5.91 Å². The fourth-order valence-electron chi connectivity index (χ4n) is 7.75. The Kier molecular flexibility index (Phi) is 8.10. The highest BCUT2D eigenvalue weighted by atomic mass is 16.5. The third kappa shape index (κ3) is 5.48. The lowest BCUT2D eigenvalue weighted by Gasteiger charge is -2.23. The first-order valence-electron chi connectivity index (χ1n) is 17.4. The Labute approximate surface area is 302 Å². The average Bonchev–Trinajstić information content (AvgIpc) is 3.90. The highest BCUT2D eigenvalue weighted by molar-refractivity contribution is 6.17. The van der Waals surface area contributed by atoms with E-state index in [2.05, 4.69) is 46.8 Å². The number of likely N-dealkylation sites (N-methyl/N-ethyl adjacent to an activating group) is 2. The normalized spacial score (nSPS) is 18.9. The van der Waals surface area contributed by atoms with Crippen LogP contribution in [0, 0.1) is 0 Å². The van der Waals surface area contributed by atoms with E-state index in [1.807, 2.05) is 49.3 Å². The zero-order valence-corrected chi connectivity index (χ0v) is 30.2. The molecule has 5 aromatic rings. The van der Waals surface area contributed by atoms with Crippen molar-refractivity contribution in [3.63, 3.8) is 0 Å². The Morgan fingerprint density at radius 2 is 1.65 bits per heavy atom. The number of fused-ring (bicyclic) bond motifs is 3. The molecule has 1 amide bonds. The number of rotatable bonds is 6. The summed E-state index contributed by atoms with van der Waals surface area (Å²) in [6.07, 6.45) is 17.1. The first kappa shape index (κ1) is 33.2. The summed E-state index contributed by atoms with van der Waals surface area (Å²) in [6, 6.07) is 9.36. The van der Waals surface area contributed by atoms with Gasteiger partial charge in [-0.25, -0.2) is 9.97 Å². The molecule has 1 fully saturated rings. The first-order chi connectivity index (χ1) is 25.0. The SMILES string of the molecule is CN(C)C(=O)C1=CC=C(c2ccnc3c2c(C=C2Oc4cccc(O)c4C2=O)cn3C)CC1=Cc1cn(C)c2nccc(N3CCC(N(C)C)C3)c12. The second kappa shape index (κ2) is 12.7. The summed E-state index contributed by atoms with van der Waals surface area (Å²) < 4.78 is 9.91. The van der Waals surface area contributed by atoms with Crippen molar-refractivity contribution < 1.29 is 19.4 Å². The number of Topliss-reactive ketones (excluding diaryl/α,β-unsaturated/α-hetero) is 1. The molecule has 1 aromatic carbocycles.